The van der Waals surface area contributed by atoms with E-state index in [2.05, 4.69) is 77.8 Å². The number of para-hydroxylation sites is 1. The zero-order chi connectivity index (χ0) is 17.0. The van der Waals surface area contributed by atoms with Crippen molar-refractivity contribution in [1.29, 1.82) is 0 Å². The van der Waals surface area contributed by atoms with Gasteiger partial charge in [-0.1, -0.05) is 34.1 Å². The molecule has 0 spiro atoms. The first-order valence-corrected chi connectivity index (χ1v) is 8.81. The minimum Gasteiger partial charge on any atom is -0.398 e. The highest BCUT2D eigenvalue weighted by Gasteiger charge is 2.16. The molecular formula is C21H19BrN2. The van der Waals surface area contributed by atoms with Crippen LogP contribution in [0.2, 0.25) is 0 Å². The molecule has 0 radical (unpaired) electrons. The van der Waals surface area contributed by atoms with Gasteiger partial charge >= 0.3 is 0 Å². The molecule has 0 aliphatic rings. The predicted octanol–water partition coefficient (Wildman–Crippen LogP) is 5.96. The van der Waals surface area contributed by atoms with Crippen LogP contribution in [-0.2, 0) is 7.05 Å². The Morgan fingerprint density at radius 2 is 1.62 bits per heavy atom. The molecule has 0 amide bonds. The molecule has 3 aromatic carbocycles. The molecule has 0 saturated heterocycles. The van der Waals surface area contributed by atoms with Crippen LogP contribution in [0, 0.1) is 13.8 Å². The fraction of sp³-hybridized carbons (Fsp3) is 0.143. The van der Waals surface area contributed by atoms with Crippen LogP contribution in [0.3, 0.4) is 0 Å². The number of benzene rings is 3. The van der Waals surface area contributed by atoms with E-state index in [9.17, 15) is 0 Å². The highest BCUT2D eigenvalue weighted by Crippen LogP contribution is 2.39. The van der Waals surface area contributed by atoms with Gasteiger partial charge in [-0.2, -0.15) is 0 Å². The molecule has 0 atom stereocenters. The monoisotopic (exact) mass is 378 g/mol. The largest absolute Gasteiger partial charge is 0.398 e. The average molecular weight is 379 g/mol. The first kappa shape index (κ1) is 15.3. The van der Waals surface area contributed by atoms with Crippen molar-refractivity contribution in [3.05, 3.63) is 64.1 Å². The topological polar surface area (TPSA) is 30.9 Å². The minimum atomic E-state index is 0.804. The number of nitrogen functional groups attached to an aromatic ring is 1. The molecule has 0 aliphatic carbocycles. The molecule has 1 aromatic heterocycles. The Morgan fingerprint density at radius 3 is 2.42 bits per heavy atom. The fourth-order valence-electron chi connectivity index (χ4n) is 3.65. The lowest BCUT2D eigenvalue weighted by molar-refractivity contribution is 1.01. The standard InChI is InChI=1S/C21H19BrN2/c1-12-13(2)21-15-6-4-5-7-19(15)24(3)20(21)11-16(12)17-10-14(22)8-9-18(17)23/h4-11H,23H2,1-3H3. The number of nitrogens with zero attached hydrogens (tertiary/aromatic N) is 1. The maximum Gasteiger partial charge on any atom is 0.0497 e. The van der Waals surface area contributed by atoms with Gasteiger partial charge in [0.05, 0.1) is 0 Å². The fourth-order valence-corrected chi connectivity index (χ4v) is 4.01. The van der Waals surface area contributed by atoms with Gasteiger partial charge in [0.25, 0.3) is 0 Å². The third-order valence-electron chi connectivity index (χ3n) is 5.08. The van der Waals surface area contributed by atoms with E-state index < -0.39 is 0 Å². The molecule has 120 valence electrons. The van der Waals surface area contributed by atoms with Gasteiger partial charge in [-0.3, -0.25) is 0 Å². The number of fused-ring (bicyclic) bond motifs is 3. The highest BCUT2D eigenvalue weighted by atomic mass is 79.9. The molecule has 0 saturated carbocycles. The van der Waals surface area contributed by atoms with Crippen LogP contribution in [0.15, 0.2) is 53.0 Å². The predicted molar refractivity (Wildman–Crippen MR) is 107 cm³/mol. The second-order valence-corrected chi connectivity index (χ2v) is 7.29. The Balaban J connectivity index is 2.16. The Labute approximate surface area is 150 Å². The van der Waals surface area contributed by atoms with Gasteiger partial charge in [0, 0.05) is 44.6 Å². The van der Waals surface area contributed by atoms with E-state index >= 15 is 0 Å². The van der Waals surface area contributed by atoms with Gasteiger partial charge in [-0.05, 0) is 60.9 Å². The van der Waals surface area contributed by atoms with Gasteiger partial charge < -0.3 is 10.3 Å². The van der Waals surface area contributed by atoms with Gasteiger partial charge in [0.2, 0.25) is 0 Å². The van der Waals surface area contributed by atoms with Crippen molar-refractivity contribution >= 4 is 43.4 Å². The summed E-state index contributed by atoms with van der Waals surface area (Å²) in [6.45, 7) is 4.40. The molecule has 1 heterocycles. The molecule has 4 aromatic rings. The van der Waals surface area contributed by atoms with Crippen molar-refractivity contribution in [2.75, 3.05) is 5.73 Å². The number of aryl methyl sites for hydroxylation is 2. The van der Waals surface area contributed by atoms with Crippen LogP contribution in [0.4, 0.5) is 5.69 Å². The molecule has 2 nitrogen and oxygen atoms in total. The van der Waals surface area contributed by atoms with Crippen molar-refractivity contribution in [3.8, 4) is 11.1 Å². The van der Waals surface area contributed by atoms with Gasteiger partial charge in [0.15, 0.2) is 0 Å². The lowest BCUT2D eigenvalue weighted by atomic mass is 9.92. The molecule has 0 bridgehead atoms. The van der Waals surface area contributed by atoms with E-state index in [4.69, 9.17) is 5.73 Å². The van der Waals surface area contributed by atoms with Crippen LogP contribution in [0.25, 0.3) is 32.9 Å². The van der Waals surface area contributed by atoms with Crippen LogP contribution in [0.1, 0.15) is 11.1 Å². The number of rotatable bonds is 1. The lowest BCUT2D eigenvalue weighted by Gasteiger charge is -2.14. The van der Waals surface area contributed by atoms with Crippen molar-refractivity contribution < 1.29 is 0 Å². The van der Waals surface area contributed by atoms with Crippen LogP contribution in [0.5, 0.6) is 0 Å². The Hall–Kier alpha value is -2.26. The van der Waals surface area contributed by atoms with Crippen molar-refractivity contribution in [1.82, 2.24) is 4.57 Å². The van der Waals surface area contributed by atoms with E-state index in [0.29, 0.717) is 0 Å². The average Bonchev–Trinajstić information content (AvgIpc) is 2.86. The molecule has 4 rings (SSSR count). The number of anilines is 1. The maximum absolute atomic E-state index is 6.27. The van der Waals surface area contributed by atoms with Crippen molar-refractivity contribution in [3.63, 3.8) is 0 Å². The maximum atomic E-state index is 6.27. The Kier molecular flexibility index (Phi) is 3.43. The summed E-state index contributed by atoms with van der Waals surface area (Å²) in [4.78, 5) is 0. The quantitative estimate of drug-likeness (QED) is 0.407. The summed E-state index contributed by atoms with van der Waals surface area (Å²) in [6.07, 6.45) is 0. The summed E-state index contributed by atoms with van der Waals surface area (Å²) < 4.78 is 3.32. The van der Waals surface area contributed by atoms with E-state index in [1.165, 1.54) is 38.5 Å². The number of hydrogen-bond acceptors (Lipinski definition) is 1. The summed E-state index contributed by atoms with van der Waals surface area (Å²) in [5.74, 6) is 0. The van der Waals surface area contributed by atoms with Gasteiger partial charge in [-0.15, -0.1) is 0 Å². The summed E-state index contributed by atoms with van der Waals surface area (Å²) in [5, 5.41) is 2.65. The normalized spacial score (nSPS) is 11.5. The first-order valence-electron chi connectivity index (χ1n) is 8.01. The smallest absolute Gasteiger partial charge is 0.0497 e. The second kappa shape index (κ2) is 5.38. The SMILES string of the molecule is Cc1c(-c2cc(Br)ccc2N)cc2c(c1C)c1ccccc1n2C. The molecule has 3 heteroatoms. The summed E-state index contributed by atoms with van der Waals surface area (Å²) in [6, 6.07) is 16.9. The van der Waals surface area contributed by atoms with Crippen LogP contribution < -0.4 is 5.73 Å². The minimum absolute atomic E-state index is 0.804. The molecule has 0 fully saturated rings. The Morgan fingerprint density at radius 1 is 0.875 bits per heavy atom. The molecule has 0 aliphatic heterocycles. The number of nitrogens with two attached hydrogens (primary N) is 1. The van der Waals surface area contributed by atoms with Crippen LogP contribution in [-0.4, -0.2) is 4.57 Å². The molecule has 24 heavy (non-hydrogen) atoms. The zero-order valence-electron chi connectivity index (χ0n) is 14.0. The van der Waals surface area contributed by atoms with Crippen molar-refractivity contribution in [2.45, 2.75) is 13.8 Å². The van der Waals surface area contributed by atoms with Crippen molar-refractivity contribution in [2.24, 2.45) is 7.05 Å². The second-order valence-electron chi connectivity index (χ2n) is 6.38. The van der Waals surface area contributed by atoms with Crippen LogP contribution >= 0.6 is 15.9 Å². The molecular weight excluding hydrogens is 360 g/mol. The third kappa shape index (κ3) is 2.08. The number of halogens is 1. The number of aromatic nitrogens is 1. The molecule has 2 N–H and O–H groups in total. The van der Waals surface area contributed by atoms with E-state index in [0.717, 1.165) is 15.7 Å². The first-order chi connectivity index (χ1) is 11.5. The highest BCUT2D eigenvalue weighted by molar-refractivity contribution is 9.10. The zero-order valence-corrected chi connectivity index (χ0v) is 15.6. The van der Waals surface area contributed by atoms with Gasteiger partial charge in [-0.25, -0.2) is 0 Å². The van der Waals surface area contributed by atoms with E-state index in [1.54, 1.807) is 0 Å². The van der Waals surface area contributed by atoms with Gasteiger partial charge in [0.1, 0.15) is 0 Å². The Bertz CT molecular complexity index is 1110. The third-order valence-corrected chi connectivity index (χ3v) is 5.57. The summed E-state index contributed by atoms with van der Waals surface area (Å²) in [7, 11) is 2.13. The lowest BCUT2D eigenvalue weighted by Crippen LogP contribution is -1.95. The number of hydrogen-bond donors (Lipinski definition) is 1. The van der Waals surface area contributed by atoms with E-state index in [1.807, 2.05) is 12.1 Å². The summed E-state index contributed by atoms with van der Waals surface area (Å²) >= 11 is 3.57. The van der Waals surface area contributed by atoms with E-state index in [-0.39, 0.29) is 0 Å². The summed E-state index contributed by atoms with van der Waals surface area (Å²) in [5.41, 5.74) is 14.5. The molecule has 0 unspecified atom stereocenters.